The molecule has 2 unspecified atom stereocenters. The van der Waals surface area contributed by atoms with Crippen LogP contribution >= 0.6 is 0 Å². The molecule has 0 aliphatic heterocycles. The first-order valence-corrected chi connectivity index (χ1v) is 6.71. The highest BCUT2D eigenvalue weighted by atomic mass is 16.3. The first-order chi connectivity index (χ1) is 9.99. The van der Waals surface area contributed by atoms with E-state index in [1.807, 2.05) is 0 Å². The minimum absolute atomic E-state index is 0.101. The van der Waals surface area contributed by atoms with Gasteiger partial charge in [0, 0.05) is 36.6 Å². The summed E-state index contributed by atoms with van der Waals surface area (Å²) >= 11 is 0. The van der Waals surface area contributed by atoms with Gasteiger partial charge >= 0.3 is 0 Å². The molecule has 0 saturated heterocycles. The minimum Gasteiger partial charge on any atom is -0.390 e. The molecule has 0 radical (unpaired) electrons. The van der Waals surface area contributed by atoms with Crippen molar-refractivity contribution in [1.29, 1.82) is 0 Å². The molecule has 0 saturated carbocycles. The highest BCUT2D eigenvalue weighted by Gasteiger charge is 2.18. The van der Waals surface area contributed by atoms with Gasteiger partial charge in [0.25, 0.3) is 0 Å². The molecule has 21 heavy (non-hydrogen) atoms. The number of aliphatic hydroxyl groups excluding tert-OH is 2. The van der Waals surface area contributed by atoms with Crippen LogP contribution in [0.25, 0.3) is 10.9 Å². The van der Waals surface area contributed by atoms with Gasteiger partial charge in [-0.1, -0.05) is 6.07 Å². The summed E-state index contributed by atoms with van der Waals surface area (Å²) in [6, 6.07) is 6.31. The van der Waals surface area contributed by atoms with E-state index in [0.29, 0.717) is 16.5 Å². The van der Waals surface area contributed by atoms with Gasteiger partial charge in [-0.15, -0.1) is 0 Å². The number of hydrogen-bond donors (Lipinski definition) is 4. The van der Waals surface area contributed by atoms with Crippen molar-refractivity contribution in [2.75, 3.05) is 6.54 Å². The van der Waals surface area contributed by atoms with E-state index in [2.05, 4.69) is 10.3 Å². The standard InChI is InChI=1S/C15H18N2O4/c1-9(18)16-6-5-14(20)15(21)10-2-3-11-12(8-10)17-7-4-13(11)19/h2-4,7-8,14-15,20-21H,5-6H2,1H3,(H,16,18)(H,17,19). The number of aromatic nitrogens is 1. The summed E-state index contributed by atoms with van der Waals surface area (Å²) in [5, 5.41) is 23.2. The van der Waals surface area contributed by atoms with Crippen molar-refractivity contribution in [2.24, 2.45) is 0 Å². The lowest BCUT2D eigenvalue weighted by Crippen LogP contribution is -2.27. The average Bonchev–Trinajstić information content (AvgIpc) is 2.46. The summed E-state index contributed by atoms with van der Waals surface area (Å²) in [7, 11) is 0. The van der Waals surface area contributed by atoms with Crippen LogP contribution in [-0.2, 0) is 4.79 Å². The van der Waals surface area contributed by atoms with E-state index >= 15 is 0 Å². The Morgan fingerprint density at radius 2 is 2.10 bits per heavy atom. The molecule has 2 atom stereocenters. The topological polar surface area (TPSA) is 102 Å². The Morgan fingerprint density at radius 3 is 2.81 bits per heavy atom. The molecule has 0 aliphatic rings. The molecule has 6 nitrogen and oxygen atoms in total. The zero-order chi connectivity index (χ0) is 15.4. The molecular weight excluding hydrogens is 272 g/mol. The molecule has 6 heteroatoms. The van der Waals surface area contributed by atoms with Gasteiger partial charge in [0.15, 0.2) is 5.43 Å². The van der Waals surface area contributed by atoms with Crippen molar-refractivity contribution in [3.8, 4) is 0 Å². The molecular formula is C15H18N2O4. The van der Waals surface area contributed by atoms with Crippen molar-refractivity contribution in [1.82, 2.24) is 10.3 Å². The number of carbonyl (C=O) groups is 1. The number of rotatable bonds is 5. The van der Waals surface area contributed by atoms with Crippen molar-refractivity contribution in [3.05, 3.63) is 46.2 Å². The van der Waals surface area contributed by atoms with E-state index in [-0.39, 0.29) is 24.3 Å². The van der Waals surface area contributed by atoms with Gasteiger partial charge in [-0.3, -0.25) is 9.59 Å². The van der Waals surface area contributed by atoms with Gasteiger partial charge in [0.05, 0.1) is 6.10 Å². The zero-order valence-corrected chi connectivity index (χ0v) is 11.7. The van der Waals surface area contributed by atoms with Gasteiger partial charge in [-0.2, -0.15) is 0 Å². The largest absolute Gasteiger partial charge is 0.390 e. The Hall–Kier alpha value is -2.18. The SMILES string of the molecule is CC(=O)NCCC(O)C(O)c1ccc2c(=O)cc[nH]c2c1. The van der Waals surface area contributed by atoms with Crippen LogP contribution in [0.1, 0.15) is 25.0 Å². The van der Waals surface area contributed by atoms with Crippen LogP contribution in [0.3, 0.4) is 0 Å². The van der Waals surface area contributed by atoms with Crippen LogP contribution < -0.4 is 10.7 Å². The molecule has 1 aromatic heterocycles. The fourth-order valence-corrected chi connectivity index (χ4v) is 2.15. The Labute approximate surface area is 121 Å². The third kappa shape index (κ3) is 3.68. The van der Waals surface area contributed by atoms with Crippen molar-refractivity contribution < 1.29 is 15.0 Å². The quantitative estimate of drug-likeness (QED) is 0.642. The Morgan fingerprint density at radius 1 is 1.33 bits per heavy atom. The average molecular weight is 290 g/mol. The lowest BCUT2D eigenvalue weighted by atomic mass is 10.0. The van der Waals surface area contributed by atoms with Crippen LogP contribution in [0, 0.1) is 0 Å². The maximum Gasteiger partial charge on any atom is 0.216 e. The van der Waals surface area contributed by atoms with Crippen LogP contribution in [-0.4, -0.2) is 33.8 Å². The second-order valence-electron chi connectivity index (χ2n) is 4.93. The third-order valence-electron chi connectivity index (χ3n) is 3.30. The Kier molecular flexibility index (Phi) is 4.72. The Balaban J connectivity index is 2.13. The number of benzene rings is 1. The molecule has 4 N–H and O–H groups in total. The molecule has 1 heterocycles. The fourth-order valence-electron chi connectivity index (χ4n) is 2.15. The second-order valence-corrected chi connectivity index (χ2v) is 4.93. The van der Waals surface area contributed by atoms with Gasteiger partial charge in [-0.05, 0) is 24.1 Å². The van der Waals surface area contributed by atoms with Crippen LogP contribution in [0.5, 0.6) is 0 Å². The smallest absolute Gasteiger partial charge is 0.216 e. The number of amides is 1. The summed E-state index contributed by atoms with van der Waals surface area (Å²) in [6.45, 7) is 1.68. The van der Waals surface area contributed by atoms with Crippen LogP contribution in [0.4, 0.5) is 0 Å². The second kappa shape index (κ2) is 6.51. The number of pyridine rings is 1. The number of carbonyl (C=O) groups excluding carboxylic acids is 1. The fraction of sp³-hybridized carbons (Fsp3) is 0.333. The number of aliphatic hydroxyl groups is 2. The van der Waals surface area contributed by atoms with Gasteiger partial charge in [0.1, 0.15) is 6.10 Å². The van der Waals surface area contributed by atoms with E-state index in [1.165, 1.54) is 19.2 Å². The molecule has 1 amide bonds. The highest BCUT2D eigenvalue weighted by Crippen LogP contribution is 2.21. The number of hydrogen-bond acceptors (Lipinski definition) is 4. The normalized spacial score (nSPS) is 13.9. The van der Waals surface area contributed by atoms with E-state index in [9.17, 15) is 19.8 Å². The van der Waals surface area contributed by atoms with Crippen molar-refractivity contribution >= 4 is 16.8 Å². The van der Waals surface area contributed by atoms with E-state index < -0.39 is 12.2 Å². The predicted octanol–water partition coefficient (Wildman–Crippen LogP) is 0.449. The summed E-state index contributed by atoms with van der Waals surface area (Å²) in [4.78, 5) is 25.3. The maximum absolute atomic E-state index is 11.6. The molecule has 0 bridgehead atoms. The third-order valence-corrected chi connectivity index (χ3v) is 3.30. The van der Waals surface area contributed by atoms with Crippen LogP contribution in [0.15, 0.2) is 35.3 Å². The van der Waals surface area contributed by atoms with Crippen molar-refractivity contribution in [3.63, 3.8) is 0 Å². The maximum atomic E-state index is 11.6. The van der Waals surface area contributed by atoms with Gasteiger partial charge in [-0.25, -0.2) is 0 Å². The number of aromatic amines is 1. The van der Waals surface area contributed by atoms with E-state index in [1.54, 1.807) is 18.2 Å². The monoisotopic (exact) mass is 290 g/mol. The number of nitrogens with one attached hydrogen (secondary N) is 2. The Bertz CT molecular complexity index is 695. The van der Waals surface area contributed by atoms with Gasteiger partial charge in [0.2, 0.25) is 5.91 Å². The molecule has 2 aromatic rings. The minimum atomic E-state index is -1.08. The lowest BCUT2D eigenvalue weighted by Gasteiger charge is -2.18. The van der Waals surface area contributed by atoms with Crippen molar-refractivity contribution in [2.45, 2.75) is 25.6 Å². The predicted molar refractivity (Wildman–Crippen MR) is 78.8 cm³/mol. The summed E-state index contributed by atoms with van der Waals surface area (Å²) < 4.78 is 0. The van der Waals surface area contributed by atoms with Crippen LogP contribution in [0.2, 0.25) is 0 Å². The van der Waals surface area contributed by atoms with Gasteiger partial charge < -0.3 is 20.5 Å². The summed E-state index contributed by atoms with van der Waals surface area (Å²) in [6.07, 6.45) is -0.297. The molecule has 0 fully saturated rings. The first kappa shape index (κ1) is 15.2. The van der Waals surface area contributed by atoms with E-state index in [4.69, 9.17) is 0 Å². The molecule has 2 rings (SSSR count). The lowest BCUT2D eigenvalue weighted by molar-refractivity contribution is -0.119. The summed E-state index contributed by atoms with van der Waals surface area (Å²) in [5.74, 6) is -0.181. The highest BCUT2D eigenvalue weighted by molar-refractivity contribution is 5.78. The molecule has 0 spiro atoms. The molecule has 112 valence electrons. The first-order valence-electron chi connectivity index (χ1n) is 6.71. The van der Waals surface area contributed by atoms with E-state index in [0.717, 1.165) is 0 Å². The number of H-pyrrole nitrogens is 1. The zero-order valence-electron chi connectivity index (χ0n) is 11.7. The molecule has 1 aromatic carbocycles. The summed E-state index contributed by atoms with van der Waals surface area (Å²) in [5.41, 5.74) is 1.02. The number of fused-ring (bicyclic) bond motifs is 1. The molecule has 0 aliphatic carbocycles.